The Kier molecular flexibility index (Phi) is 6.13. The van der Waals surface area contributed by atoms with Crippen LogP contribution in [0.25, 0.3) is 0 Å². The molecule has 0 aromatic rings. The monoisotopic (exact) mass is 345 g/mol. The molecule has 0 aliphatic rings. The van der Waals surface area contributed by atoms with Crippen LogP contribution in [-0.2, 0) is 4.74 Å². The first kappa shape index (κ1) is 15.2. The van der Waals surface area contributed by atoms with E-state index in [1.54, 1.807) is 20.8 Å². The second-order valence-electron chi connectivity index (χ2n) is 4.19. The van der Waals surface area contributed by atoms with Crippen molar-refractivity contribution in [2.24, 2.45) is 0 Å². The van der Waals surface area contributed by atoms with Crippen LogP contribution in [0, 0.1) is 0 Å². The molecule has 0 atom stereocenters. The standard InChI is InChI=1S/C9H17Br2NO3/c1-8(2,3)15-7(14)12-5-4-9(10,11)6-13/h13H,4-6H2,1-3H3,(H,12,14). The maximum Gasteiger partial charge on any atom is 0.407 e. The van der Waals surface area contributed by atoms with Gasteiger partial charge in [-0.15, -0.1) is 0 Å². The number of nitrogens with one attached hydrogen (secondary N) is 1. The van der Waals surface area contributed by atoms with Crippen LogP contribution in [0.4, 0.5) is 4.79 Å². The minimum Gasteiger partial charge on any atom is -0.444 e. The van der Waals surface area contributed by atoms with Crippen LogP contribution < -0.4 is 5.32 Å². The van der Waals surface area contributed by atoms with Gasteiger partial charge in [0.2, 0.25) is 0 Å². The van der Waals surface area contributed by atoms with E-state index in [4.69, 9.17) is 9.84 Å². The van der Waals surface area contributed by atoms with E-state index in [1.807, 2.05) is 0 Å². The number of alkyl carbamates (subject to hydrolysis) is 1. The summed E-state index contributed by atoms with van der Waals surface area (Å²) in [5.74, 6) is 0. The molecule has 15 heavy (non-hydrogen) atoms. The Morgan fingerprint density at radius 1 is 1.40 bits per heavy atom. The molecule has 0 saturated carbocycles. The van der Waals surface area contributed by atoms with Crippen molar-refractivity contribution in [3.8, 4) is 0 Å². The van der Waals surface area contributed by atoms with Crippen molar-refractivity contribution in [1.82, 2.24) is 5.32 Å². The maximum atomic E-state index is 11.2. The van der Waals surface area contributed by atoms with E-state index in [1.165, 1.54) is 0 Å². The molecule has 0 heterocycles. The Hall–Kier alpha value is 0.190. The van der Waals surface area contributed by atoms with E-state index in [2.05, 4.69) is 37.2 Å². The first-order chi connectivity index (χ1) is 6.66. The highest BCUT2D eigenvalue weighted by molar-refractivity contribution is 9.25. The fraction of sp³-hybridized carbons (Fsp3) is 0.889. The number of carbonyl (C=O) groups excluding carboxylic acids is 1. The van der Waals surface area contributed by atoms with Crippen LogP contribution in [-0.4, -0.2) is 33.2 Å². The van der Waals surface area contributed by atoms with Crippen LogP contribution in [0.15, 0.2) is 0 Å². The lowest BCUT2D eigenvalue weighted by Gasteiger charge is -2.21. The molecule has 0 saturated heterocycles. The first-order valence-electron chi connectivity index (χ1n) is 4.62. The molecular formula is C9H17Br2NO3. The summed E-state index contributed by atoms with van der Waals surface area (Å²) < 4.78 is 4.51. The number of aliphatic hydroxyl groups is 1. The molecule has 0 unspecified atom stereocenters. The van der Waals surface area contributed by atoms with Gasteiger partial charge in [0, 0.05) is 6.54 Å². The Bertz CT molecular complexity index is 214. The van der Waals surface area contributed by atoms with Crippen molar-refractivity contribution in [2.45, 2.75) is 36.0 Å². The van der Waals surface area contributed by atoms with E-state index in [9.17, 15) is 4.79 Å². The molecule has 90 valence electrons. The molecule has 0 radical (unpaired) electrons. The van der Waals surface area contributed by atoms with Crippen LogP contribution in [0.5, 0.6) is 0 Å². The van der Waals surface area contributed by atoms with Crippen LogP contribution >= 0.6 is 31.9 Å². The maximum absolute atomic E-state index is 11.2. The average molecular weight is 347 g/mol. The van der Waals surface area contributed by atoms with E-state index in [-0.39, 0.29) is 6.61 Å². The van der Waals surface area contributed by atoms with Crippen LogP contribution in [0.3, 0.4) is 0 Å². The third kappa shape index (κ3) is 9.14. The van der Waals surface area contributed by atoms with Crippen molar-refractivity contribution >= 4 is 38.0 Å². The van der Waals surface area contributed by atoms with Crippen molar-refractivity contribution in [3.05, 3.63) is 0 Å². The third-order valence-corrected chi connectivity index (χ3v) is 2.68. The lowest BCUT2D eigenvalue weighted by atomic mass is 10.2. The highest BCUT2D eigenvalue weighted by Crippen LogP contribution is 2.28. The van der Waals surface area contributed by atoms with Gasteiger partial charge in [0.25, 0.3) is 0 Å². The molecule has 0 aliphatic carbocycles. The Morgan fingerprint density at radius 2 is 1.93 bits per heavy atom. The average Bonchev–Trinajstić information content (AvgIpc) is 2.00. The zero-order valence-corrected chi connectivity index (χ0v) is 12.3. The summed E-state index contributed by atoms with van der Waals surface area (Å²) >= 11 is 6.53. The van der Waals surface area contributed by atoms with Gasteiger partial charge in [-0.3, -0.25) is 0 Å². The van der Waals surface area contributed by atoms with E-state index in [0.717, 1.165) is 0 Å². The van der Waals surface area contributed by atoms with E-state index in [0.29, 0.717) is 13.0 Å². The van der Waals surface area contributed by atoms with Gasteiger partial charge in [-0.1, -0.05) is 31.9 Å². The van der Waals surface area contributed by atoms with Crippen LogP contribution in [0.1, 0.15) is 27.2 Å². The van der Waals surface area contributed by atoms with Crippen molar-refractivity contribution in [3.63, 3.8) is 0 Å². The highest BCUT2D eigenvalue weighted by Gasteiger charge is 2.22. The Labute approximate surface area is 107 Å². The third-order valence-electron chi connectivity index (χ3n) is 1.39. The Morgan fingerprint density at radius 3 is 2.33 bits per heavy atom. The number of hydrogen-bond donors (Lipinski definition) is 2. The predicted molar refractivity (Wildman–Crippen MR) is 66.5 cm³/mol. The van der Waals surface area contributed by atoms with Crippen molar-refractivity contribution < 1.29 is 14.6 Å². The van der Waals surface area contributed by atoms with Crippen molar-refractivity contribution in [2.75, 3.05) is 13.2 Å². The van der Waals surface area contributed by atoms with E-state index >= 15 is 0 Å². The number of aliphatic hydroxyl groups excluding tert-OH is 1. The lowest BCUT2D eigenvalue weighted by Crippen LogP contribution is -2.35. The molecule has 2 N–H and O–H groups in total. The van der Waals surface area contributed by atoms with Gasteiger partial charge >= 0.3 is 6.09 Å². The summed E-state index contributed by atoms with van der Waals surface area (Å²) in [6.45, 7) is 5.79. The zero-order chi connectivity index (χ0) is 12.1. The molecule has 4 nitrogen and oxygen atoms in total. The Balaban J connectivity index is 3.74. The fourth-order valence-electron chi connectivity index (χ4n) is 0.741. The van der Waals surface area contributed by atoms with Gasteiger partial charge in [-0.25, -0.2) is 4.79 Å². The summed E-state index contributed by atoms with van der Waals surface area (Å²) in [5.41, 5.74) is -0.485. The van der Waals surface area contributed by atoms with Gasteiger partial charge in [0.05, 0.1) is 6.61 Å². The molecule has 0 rings (SSSR count). The zero-order valence-electron chi connectivity index (χ0n) is 9.14. The lowest BCUT2D eigenvalue weighted by molar-refractivity contribution is 0.0526. The molecular weight excluding hydrogens is 330 g/mol. The number of rotatable bonds is 4. The first-order valence-corrected chi connectivity index (χ1v) is 6.20. The number of carbonyl (C=O) groups is 1. The molecule has 0 spiro atoms. The number of halogens is 2. The van der Waals surface area contributed by atoms with E-state index < -0.39 is 14.9 Å². The second-order valence-corrected chi connectivity index (χ2v) is 8.29. The van der Waals surface area contributed by atoms with Gasteiger partial charge in [0.1, 0.15) is 8.83 Å². The summed E-state index contributed by atoms with van der Waals surface area (Å²) in [6, 6.07) is 0. The summed E-state index contributed by atoms with van der Waals surface area (Å²) in [6.07, 6.45) is 0.110. The molecule has 0 aromatic carbocycles. The number of amides is 1. The second kappa shape index (κ2) is 6.06. The summed E-state index contributed by atoms with van der Waals surface area (Å²) in [5, 5.41) is 11.5. The smallest absolute Gasteiger partial charge is 0.407 e. The highest BCUT2D eigenvalue weighted by atomic mass is 79.9. The quantitative estimate of drug-likeness (QED) is 0.768. The number of alkyl halides is 2. The van der Waals surface area contributed by atoms with Crippen molar-refractivity contribution in [1.29, 1.82) is 0 Å². The largest absolute Gasteiger partial charge is 0.444 e. The minimum absolute atomic E-state index is 0.0526. The predicted octanol–water partition coefficient (Wildman–Crippen LogP) is 2.38. The van der Waals surface area contributed by atoms with Gasteiger partial charge < -0.3 is 15.2 Å². The normalized spacial score (nSPS) is 12.4. The number of hydrogen-bond acceptors (Lipinski definition) is 3. The van der Waals surface area contributed by atoms with Gasteiger partial charge in [-0.2, -0.15) is 0 Å². The SMILES string of the molecule is CC(C)(C)OC(=O)NCCC(Br)(Br)CO. The number of ether oxygens (including phenoxy) is 1. The molecule has 1 amide bonds. The molecule has 0 aliphatic heterocycles. The van der Waals surface area contributed by atoms with Crippen LogP contribution in [0.2, 0.25) is 0 Å². The molecule has 0 aromatic heterocycles. The molecule has 0 fully saturated rings. The van der Waals surface area contributed by atoms with Gasteiger partial charge in [-0.05, 0) is 27.2 Å². The topological polar surface area (TPSA) is 58.6 Å². The summed E-state index contributed by atoms with van der Waals surface area (Å²) in [7, 11) is 0. The fourth-order valence-corrected chi connectivity index (χ4v) is 1.14. The minimum atomic E-state index is -0.533. The van der Waals surface area contributed by atoms with Gasteiger partial charge in [0.15, 0.2) is 0 Å². The molecule has 0 bridgehead atoms. The molecule has 6 heteroatoms. The summed E-state index contributed by atoms with van der Waals surface area (Å²) in [4.78, 5) is 11.2.